The number of nitrogens with two attached hydrogens (primary N) is 1. The van der Waals surface area contributed by atoms with E-state index >= 15 is 0 Å². The molecule has 0 amide bonds. The fraction of sp³-hybridized carbons (Fsp3) is 0.111. The summed E-state index contributed by atoms with van der Waals surface area (Å²) in [6, 6.07) is 0.749. The molecule has 0 bridgehead atoms. The lowest BCUT2D eigenvalue weighted by Gasteiger charge is -2.06. The van der Waals surface area contributed by atoms with Gasteiger partial charge in [0.15, 0.2) is 17.5 Å². The van der Waals surface area contributed by atoms with Crippen LogP contribution < -0.4 is 5.73 Å². The summed E-state index contributed by atoms with van der Waals surface area (Å²) in [5, 5.41) is 0. The van der Waals surface area contributed by atoms with Gasteiger partial charge in [0.25, 0.3) is 0 Å². The molecule has 0 spiro atoms. The molecule has 13 heavy (non-hydrogen) atoms. The second-order valence-corrected chi connectivity index (χ2v) is 2.41. The van der Waals surface area contributed by atoms with E-state index in [9.17, 15) is 13.2 Å². The number of benzene rings is 1. The van der Waals surface area contributed by atoms with Gasteiger partial charge in [0.05, 0.1) is 6.04 Å². The minimum absolute atomic E-state index is 0.221. The molecule has 0 aromatic heterocycles. The van der Waals surface area contributed by atoms with Crippen LogP contribution in [0.4, 0.5) is 13.2 Å². The second kappa shape index (κ2) is 3.50. The van der Waals surface area contributed by atoms with Gasteiger partial charge in [0, 0.05) is 5.56 Å². The van der Waals surface area contributed by atoms with Crippen molar-refractivity contribution >= 4 is 0 Å². The van der Waals surface area contributed by atoms with E-state index in [-0.39, 0.29) is 5.56 Å². The molecular formula is C9H6F3N. The Morgan fingerprint density at radius 2 is 1.85 bits per heavy atom. The summed E-state index contributed by atoms with van der Waals surface area (Å²) < 4.78 is 37.9. The molecule has 0 heterocycles. The smallest absolute Gasteiger partial charge is 0.194 e. The maximum atomic E-state index is 12.9. The third-order valence-corrected chi connectivity index (χ3v) is 1.58. The quantitative estimate of drug-likeness (QED) is 0.523. The van der Waals surface area contributed by atoms with E-state index < -0.39 is 23.5 Å². The van der Waals surface area contributed by atoms with Crippen LogP contribution in [0.5, 0.6) is 0 Å². The maximum absolute atomic E-state index is 12.9. The molecule has 1 aromatic carbocycles. The number of hydrogen-bond acceptors (Lipinski definition) is 1. The van der Waals surface area contributed by atoms with Gasteiger partial charge in [-0.25, -0.2) is 13.2 Å². The Morgan fingerprint density at radius 3 is 2.38 bits per heavy atom. The molecule has 0 aliphatic carbocycles. The minimum Gasteiger partial charge on any atom is -0.314 e. The molecule has 4 heteroatoms. The monoisotopic (exact) mass is 185 g/mol. The normalized spacial score (nSPS) is 12.2. The van der Waals surface area contributed by atoms with Crippen LogP contribution >= 0.6 is 0 Å². The van der Waals surface area contributed by atoms with Crippen molar-refractivity contribution in [2.24, 2.45) is 5.73 Å². The standard InChI is InChI=1S/C9H6F3N/c1-2-7(13)5-3-4-6(10)9(12)8(5)11/h1,3-4,7H,13H2. The van der Waals surface area contributed by atoms with Gasteiger partial charge in [-0.1, -0.05) is 12.0 Å². The lowest BCUT2D eigenvalue weighted by atomic mass is 10.1. The molecule has 68 valence electrons. The lowest BCUT2D eigenvalue weighted by Crippen LogP contribution is -2.11. The molecule has 0 aliphatic rings. The first kappa shape index (κ1) is 9.62. The second-order valence-electron chi connectivity index (χ2n) is 2.41. The van der Waals surface area contributed by atoms with Gasteiger partial charge >= 0.3 is 0 Å². The largest absolute Gasteiger partial charge is 0.314 e. The van der Waals surface area contributed by atoms with Crippen molar-refractivity contribution in [3.05, 3.63) is 35.1 Å². The molecular weight excluding hydrogens is 179 g/mol. The van der Waals surface area contributed by atoms with E-state index in [2.05, 4.69) is 0 Å². The summed E-state index contributed by atoms with van der Waals surface area (Å²) in [4.78, 5) is 0. The van der Waals surface area contributed by atoms with Crippen LogP contribution in [0, 0.1) is 29.8 Å². The molecule has 0 aliphatic heterocycles. The average Bonchev–Trinajstić information content (AvgIpc) is 2.13. The average molecular weight is 185 g/mol. The van der Waals surface area contributed by atoms with Crippen molar-refractivity contribution in [3.8, 4) is 12.3 Å². The van der Waals surface area contributed by atoms with E-state index in [1.807, 2.05) is 5.92 Å². The van der Waals surface area contributed by atoms with Crippen molar-refractivity contribution in [1.82, 2.24) is 0 Å². The van der Waals surface area contributed by atoms with Crippen LogP contribution in [0.25, 0.3) is 0 Å². The van der Waals surface area contributed by atoms with Gasteiger partial charge in [0.1, 0.15) is 0 Å². The molecule has 1 unspecified atom stereocenters. The van der Waals surface area contributed by atoms with E-state index in [0.29, 0.717) is 0 Å². The molecule has 0 saturated carbocycles. The summed E-state index contributed by atoms with van der Waals surface area (Å²) in [6.45, 7) is 0. The summed E-state index contributed by atoms with van der Waals surface area (Å²) >= 11 is 0. The summed E-state index contributed by atoms with van der Waals surface area (Å²) in [7, 11) is 0. The Morgan fingerprint density at radius 1 is 1.23 bits per heavy atom. The van der Waals surface area contributed by atoms with Gasteiger partial charge in [-0.05, 0) is 6.07 Å². The lowest BCUT2D eigenvalue weighted by molar-refractivity contribution is 0.439. The van der Waals surface area contributed by atoms with Gasteiger partial charge < -0.3 is 5.73 Å². The fourth-order valence-corrected chi connectivity index (χ4v) is 0.871. The van der Waals surface area contributed by atoms with Gasteiger partial charge in [-0.3, -0.25) is 0 Å². The van der Waals surface area contributed by atoms with Crippen LogP contribution in [0.3, 0.4) is 0 Å². The topological polar surface area (TPSA) is 26.0 Å². The van der Waals surface area contributed by atoms with Gasteiger partial charge in [0.2, 0.25) is 0 Å². The molecule has 0 radical (unpaired) electrons. The van der Waals surface area contributed by atoms with E-state index in [1.165, 1.54) is 0 Å². The van der Waals surface area contributed by atoms with Crippen molar-refractivity contribution in [1.29, 1.82) is 0 Å². The predicted octanol–water partition coefficient (Wildman–Crippen LogP) is 1.74. The minimum atomic E-state index is -1.55. The number of halogens is 3. The third-order valence-electron chi connectivity index (χ3n) is 1.58. The first-order chi connectivity index (χ1) is 6.07. The highest BCUT2D eigenvalue weighted by Gasteiger charge is 2.16. The molecule has 1 nitrogen and oxygen atoms in total. The van der Waals surface area contributed by atoms with Crippen molar-refractivity contribution in [2.75, 3.05) is 0 Å². The highest BCUT2D eigenvalue weighted by Crippen LogP contribution is 2.19. The fourth-order valence-electron chi connectivity index (χ4n) is 0.871. The zero-order chi connectivity index (χ0) is 10.0. The highest BCUT2D eigenvalue weighted by molar-refractivity contribution is 5.28. The molecule has 1 rings (SSSR count). The summed E-state index contributed by atoms with van der Waals surface area (Å²) in [6.07, 6.45) is 4.90. The SMILES string of the molecule is C#CC(N)c1ccc(F)c(F)c1F. The van der Waals surface area contributed by atoms with Crippen molar-refractivity contribution in [2.45, 2.75) is 6.04 Å². The molecule has 1 atom stereocenters. The third kappa shape index (κ3) is 1.65. The Hall–Kier alpha value is -1.47. The first-order valence-electron chi connectivity index (χ1n) is 3.43. The van der Waals surface area contributed by atoms with Crippen LogP contribution in [-0.4, -0.2) is 0 Å². The molecule has 0 fully saturated rings. The number of terminal acetylenes is 1. The zero-order valence-corrected chi connectivity index (χ0v) is 6.52. The molecule has 1 aromatic rings. The van der Waals surface area contributed by atoms with Crippen LogP contribution in [0.2, 0.25) is 0 Å². The molecule has 2 N–H and O–H groups in total. The van der Waals surface area contributed by atoms with Crippen LogP contribution in [0.1, 0.15) is 11.6 Å². The van der Waals surface area contributed by atoms with Crippen LogP contribution in [-0.2, 0) is 0 Å². The van der Waals surface area contributed by atoms with E-state index in [1.54, 1.807) is 0 Å². The molecule has 0 saturated heterocycles. The van der Waals surface area contributed by atoms with Crippen molar-refractivity contribution < 1.29 is 13.2 Å². The zero-order valence-electron chi connectivity index (χ0n) is 6.52. The maximum Gasteiger partial charge on any atom is 0.194 e. The van der Waals surface area contributed by atoms with Gasteiger partial charge in [-0.15, -0.1) is 6.42 Å². The summed E-state index contributed by atoms with van der Waals surface area (Å²) in [5.41, 5.74) is 5.03. The Bertz CT molecular complexity index is 368. The highest BCUT2D eigenvalue weighted by atomic mass is 19.2. The van der Waals surface area contributed by atoms with E-state index in [4.69, 9.17) is 12.2 Å². The van der Waals surface area contributed by atoms with Gasteiger partial charge in [-0.2, -0.15) is 0 Å². The van der Waals surface area contributed by atoms with E-state index in [0.717, 1.165) is 12.1 Å². The van der Waals surface area contributed by atoms with Crippen molar-refractivity contribution in [3.63, 3.8) is 0 Å². The first-order valence-corrected chi connectivity index (χ1v) is 3.43. The van der Waals surface area contributed by atoms with Crippen LogP contribution in [0.15, 0.2) is 12.1 Å². The number of hydrogen-bond donors (Lipinski definition) is 1. The predicted molar refractivity (Wildman–Crippen MR) is 42.1 cm³/mol. The Labute approximate surface area is 73.4 Å². The summed E-state index contributed by atoms with van der Waals surface area (Å²) in [5.74, 6) is -2.12. The Balaban J connectivity index is 3.28. The number of rotatable bonds is 1. The Kier molecular flexibility index (Phi) is 2.59.